The molecule has 0 saturated carbocycles. The van der Waals surface area contributed by atoms with Gasteiger partial charge in [0.15, 0.2) is 0 Å². The minimum atomic E-state index is -4.67. The topological polar surface area (TPSA) is 173 Å². The molecule has 0 aromatic rings. The summed E-state index contributed by atoms with van der Waals surface area (Å²) in [7, 11) is -4.67. The van der Waals surface area contributed by atoms with Crippen LogP contribution >= 0.6 is 0 Å². The van der Waals surface area contributed by atoms with Gasteiger partial charge in [0.05, 0.1) is 0 Å². The second-order valence-corrected chi connectivity index (χ2v) is 1.34. The normalized spacial score (nSPS) is 7.25. The van der Waals surface area contributed by atoms with Gasteiger partial charge in [-0.15, -0.1) is 0 Å². The summed E-state index contributed by atoms with van der Waals surface area (Å²) < 4.78 is 31.6. The molecule has 9 N–H and O–H groups in total. The monoisotopic (exact) mass is 151 g/mol. The summed E-state index contributed by atoms with van der Waals surface area (Å²) in [5.74, 6) is 0. The predicted octanol–water partition coefficient (Wildman–Crippen LogP) is -2.14. The van der Waals surface area contributed by atoms with E-state index >= 15 is 0 Å². The van der Waals surface area contributed by atoms with E-state index in [1.807, 2.05) is 0 Å². The minimum absolute atomic E-state index is 0. The van der Waals surface area contributed by atoms with Crippen LogP contribution in [0.15, 0.2) is 0 Å². The lowest BCUT2D eigenvalue weighted by atomic mass is 14.0. The lowest BCUT2D eigenvalue weighted by molar-refractivity contribution is 0.381. The van der Waals surface area contributed by atoms with Crippen LogP contribution in [0.1, 0.15) is 0 Å². The van der Waals surface area contributed by atoms with Crippen molar-refractivity contribution in [1.29, 1.82) is 0 Å². The summed E-state index contributed by atoms with van der Waals surface area (Å²) in [5, 5.41) is 0. The van der Waals surface area contributed by atoms with Crippen LogP contribution in [0.25, 0.3) is 0 Å². The van der Waals surface area contributed by atoms with E-state index < -0.39 is 10.4 Å². The van der Waals surface area contributed by atoms with Gasteiger partial charge >= 0.3 is 10.4 Å². The highest BCUT2D eigenvalue weighted by Gasteiger charge is 1.84. The Labute approximate surface area is 46.1 Å². The van der Waals surface area contributed by atoms with Gasteiger partial charge in [-0.2, -0.15) is 8.42 Å². The molecular formula is H9NO6S. The van der Waals surface area contributed by atoms with Crippen LogP contribution in [-0.4, -0.2) is 28.5 Å². The molecule has 0 aromatic carbocycles. The number of rotatable bonds is 0. The lowest BCUT2D eigenvalue weighted by Crippen LogP contribution is -1.89. The first-order valence-corrected chi connectivity index (χ1v) is 2.10. The first kappa shape index (κ1) is 25.1. The van der Waals surface area contributed by atoms with Crippen molar-refractivity contribution in [3.63, 3.8) is 0 Å². The van der Waals surface area contributed by atoms with E-state index in [2.05, 4.69) is 0 Å². The second kappa shape index (κ2) is 6.75. The van der Waals surface area contributed by atoms with E-state index in [9.17, 15) is 0 Å². The third kappa shape index (κ3) is 2080. The molecule has 7 nitrogen and oxygen atoms in total. The zero-order valence-corrected chi connectivity index (χ0v) is 4.64. The summed E-state index contributed by atoms with van der Waals surface area (Å²) in [4.78, 5) is 0. The van der Waals surface area contributed by atoms with E-state index in [4.69, 9.17) is 17.5 Å². The Morgan fingerprint density at radius 1 is 1.00 bits per heavy atom. The summed E-state index contributed by atoms with van der Waals surface area (Å²) in [6.45, 7) is 0. The van der Waals surface area contributed by atoms with Gasteiger partial charge in [0.1, 0.15) is 0 Å². The SMILES string of the molecule is N.O.O.O=S(=O)(O)O. The first-order valence-electron chi connectivity index (χ1n) is 0.698. The van der Waals surface area contributed by atoms with Crippen LogP contribution in [0.3, 0.4) is 0 Å². The van der Waals surface area contributed by atoms with Crippen molar-refractivity contribution in [1.82, 2.24) is 6.15 Å². The van der Waals surface area contributed by atoms with Gasteiger partial charge in [0.2, 0.25) is 0 Å². The molecule has 0 aromatic heterocycles. The van der Waals surface area contributed by atoms with E-state index in [1.54, 1.807) is 0 Å². The molecule has 0 saturated heterocycles. The fourth-order valence-corrected chi connectivity index (χ4v) is 0. The Morgan fingerprint density at radius 3 is 1.00 bits per heavy atom. The fourth-order valence-electron chi connectivity index (χ4n) is 0. The fraction of sp³-hybridized carbons (Fsp3) is 0. The van der Waals surface area contributed by atoms with Crippen molar-refractivity contribution < 1.29 is 28.5 Å². The smallest absolute Gasteiger partial charge is 0.394 e. The van der Waals surface area contributed by atoms with Crippen LogP contribution in [0, 0.1) is 0 Å². The van der Waals surface area contributed by atoms with Gasteiger partial charge in [-0.05, 0) is 0 Å². The number of hydrogen-bond donors (Lipinski definition) is 3. The summed E-state index contributed by atoms with van der Waals surface area (Å²) in [6, 6.07) is 0. The Hall–Kier alpha value is -0.250. The predicted molar refractivity (Wildman–Crippen MR) is 26.4 cm³/mol. The van der Waals surface area contributed by atoms with Crippen LogP contribution in [0.2, 0.25) is 0 Å². The van der Waals surface area contributed by atoms with Crippen LogP contribution in [-0.2, 0) is 10.4 Å². The highest BCUT2D eigenvalue weighted by atomic mass is 32.3. The van der Waals surface area contributed by atoms with Crippen molar-refractivity contribution in [3.8, 4) is 0 Å². The highest BCUT2D eigenvalue weighted by Crippen LogP contribution is 1.59. The molecular weight excluding hydrogens is 142 g/mol. The molecule has 0 rings (SSSR count). The van der Waals surface area contributed by atoms with Gasteiger partial charge in [0.25, 0.3) is 0 Å². The van der Waals surface area contributed by atoms with E-state index in [-0.39, 0.29) is 17.1 Å². The molecule has 0 aliphatic rings. The highest BCUT2D eigenvalue weighted by molar-refractivity contribution is 7.79. The van der Waals surface area contributed by atoms with Crippen LogP contribution < -0.4 is 6.15 Å². The average Bonchev–Trinajstić information content (AvgIpc) is 0.722. The van der Waals surface area contributed by atoms with Crippen LogP contribution in [0.5, 0.6) is 0 Å². The maximum absolute atomic E-state index is 8.74. The third-order valence-corrected chi connectivity index (χ3v) is 0. The Kier molecular flexibility index (Phi) is 21.2. The maximum atomic E-state index is 8.74. The first-order chi connectivity index (χ1) is 2.00. The zero-order valence-electron chi connectivity index (χ0n) is 3.83. The molecule has 0 fully saturated rings. The molecule has 0 unspecified atom stereocenters. The van der Waals surface area contributed by atoms with Crippen LogP contribution in [0.4, 0.5) is 0 Å². The molecule has 0 aliphatic heterocycles. The van der Waals surface area contributed by atoms with E-state index in [1.165, 1.54) is 0 Å². The zero-order chi connectivity index (χ0) is 4.50. The molecule has 8 heavy (non-hydrogen) atoms. The molecule has 0 spiro atoms. The Morgan fingerprint density at radius 2 is 1.00 bits per heavy atom. The maximum Gasteiger partial charge on any atom is 0.394 e. The second-order valence-electron chi connectivity index (χ2n) is 0.448. The van der Waals surface area contributed by atoms with Crippen molar-refractivity contribution in [2.45, 2.75) is 0 Å². The van der Waals surface area contributed by atoms with Gasteiger partial charge in [0, 0.05) is 0 Å². The quantitative estimate of drug-likeness (QED) is 0.334. The average molecular weight is 151 g/mol. The summed E-state index contributed by atoms with van der Waals surface area (Å²) >= 11 is 0. The van der Waals surface area contributed by atoms with Gasteiger partial charge < -0.3 is 17.1 Å². The molecule has 0 bridgehead atoms. The lowest BCUT2D eigenvalue weighted by Gasteiger charge is -1.68. The number of hydrogen-bond acceptors (Lipinski definition) is 3. The molecule has 0 radical (unpaired) electrons. The van der Waals surface area contributed by atoms with E-state index in [0.717, 1.165) is 0 Å². The van der Waals surface area contributed by atoms with Crippen molar-refractivity contribution >= 4 is 10.4 Å². The van der Waals surface area contributed by atoms with Gasteiger partial charge in [-0.3, -0.25) is 9.11 Å². The Balaban J connectivity index is -0.0000000267. The summed E-state index contributed by atoms with van der Waals surface area (Å²) in [6.07, 6.45) is 0. The van der Waals surface area contributed by atoms with Crippen molar-refractivity contribution in [2.75, 3.05) is 0 Å². The molecule has 0 amide bonds. The molecule has 0 heterocycles. The molecule has 56 valence electrons. The standard InChI is InChI=1S/H3N.H2O4S.2H2O/c;1-5(2,3)4;;/h1H3;(H2,1,2,3,4);2*1H2. The van der Waals surface area contributed by atoms with Crippen molar-refractivity contribution in [3.05, 3.63) is 0 Å². The molecule has 0 aliphatic carbocycles. The third-order valence-electron chi connectivity index (χ3n) is 0. The van der Waals surface area contributed by atoms with E-state index in [0.29, 0.717) is 0 Å². The Bertz CT molecular complexity index is 91.7. The largest absolute Gasteiger partial charge is 0.412 e. The van der Waals surface area contributed by atoms with Gasteiger partial charge in [-0.1, -0.05) is 0 Å². The minimum Gasteiger partial charge on any atom is -0.412 e. The molecule has 0 atom stereocenters. The molecule has 8 heteroatoms. The summed E-state index contributed by atoms with van der Waals surface area (Å²) in [5.41, 5.74) is 0. The van der Waals surface area contributed by atoms with Crippen molar-refractivity contribution in [2.24, 2.45) is 0 Å². The van der Waals surface area contributed by atoms with Gasteiger partial charge in [-0.25, -0.2) is 0 Å².